The van der Waals surface area contributed by atoms with Crippen molar-refractivity contribution < 1.29 is 4.39 Å². The largest absolute Gasteiger partial charge is 0.371 e. The minimum atomic E-state index is -0.198. The van der Waals surface area contributed by atoms with E-state index in [1.165, 1.54) is 31.7 Å². The Hall–Kier alpha value is -1.09. The zero-order valence-corrected chi connectivity index (χ0v) is 10.5. The number of nitrogens with zero attached hydrogens (tertiary/aromatic N) is 1. The third-order valence-corrected chi connectivity index (χ3v) is 3.43. The molecule has 0 spiro atoms. The first-order valence-electron chi connectivity index (χ1n) is 6.48. The molecule has 0 bridgehead atoms. The fourth-order valence-corrected chi connectivity index (χ4v) is 2.49. The van der Waals surface area contributed by atoms with Gasteiger partial charge in [0.05, 0.1) is 0 Å². The first-order valence-corrected chi connectivity index (χ1v) is 6.48. The molecule has 2 rings (SSSR count). The van der Waals surface area contributed by atoms with Crippen LogP contribution in [0.4, 0.5) is 10.1 Å². The average molecular weight is 236 g/mol. The third kappa shape index (κ3) is 2.97. The van der Waals surface area contributed by atoms with Crippen molar-refractivity contribution in [1.82, 2.24) is 0 Å². The molecular weight excluding hydrogens is 215 g/mol. The monoisotopic (exact) mass is 236 g/mol. The van der Waals surface area contributed by atoms with Gasteiger partial charge < -0.3 is 10.6 Å². The highest BCUT2D eigenvalue weighted by molar-refractivity contribution is 5.55. The molecule has 0 amide bonds. The molecule has 1 aliphatic rings. The average Bonchev–Trinajstić information content (AvgIpc) is 2.57. The van der Waals surface area contributed by atoms with E-state index in [-0.39, 0.29) is 11.9 Å². The summed E-state index contributed by atoms with van der Waals surface area (Å²) in [6.07, 6.45) is 5.03. The van der Waals surface area contributed by atoms with Crippen LogP contribution in [0.1, 0.15) is 44.2 Å². The van der Waals surface area contributed by atoms with Crippen molar-refractivity contribution >= 4 is 5.69 Å². The second kappa shape index (κ2) is 5.50. The summed E-state index contributed by atoms with van der Waals surface area (Å²) >= 11 is 0. The zero-order chi connectivity index (χ0) is 12.3. The van der Waals surface area contributed by atoms with Crippen LogP contribution < -0.4 is 10.6 Å². The van der Waals surface area contributed by atoms with E-state index in [2.05, 4.69) is 4.90 Å². The molecule has 1 fully saturated rings. The topological polar surface area (TPSA) is 29.3 Å². The van der Waals surface area contributed by atoms with Gasteiger partial charge in [0.25, 0.3) is 0 Å². The molecule has 1 aromatic carbocycles. The Kier molecular flexibility index (Phi) is 4.00. The summed E-state index contributed by atoms with van der Waals surface area (Å²) in [5.74, 6) is -0.198. The normalized spacial score (nSPS) is 18.9. The molecule has 1 atom stereocenters. The van der Waals surface area contributed by atoms with Gasteiger partial charge >= 0.3 is 0 Å². The van der Waals surface area contributed by atoms with Gasteiger partial charge in [-0.3, -0.25) is 0 Å². The second-order valence-corrected chi connectivity index (χ2v) is 4.89. The van der Waals surface area contributed by atoms with Crippen LogP contribution in [0.15, 0.2) is 18.2 Å². The van der Waals surface area contributed by atoms with E-state index in [9.17, 15) is 4.39 Å². The van der Waals surface area contributed by atoms with Crippen molar-refractivity contribution in [2.24, 2.45) is 5.73 Å². The molecule has 94 valence electrons. The number of anilines is 1. The first kappa shape index (κ1) is 12.4. The summed E-state index contributed by atoms with van der Waals surface area (Å²) in [6, 6.07) is 4.86. The predicted octanol–water partition coefficient (Wildman–Crippen LogP) is 3.23. The summed E-state index contributed by atoms with van der Waals surface area (Å²) in [4.78, 5) is 2.35. The molecule has 0 aliphatic carbocycles. The highest BCUT2D eigenvalue weighted by Gasteiger charge is 2.15. The summed E-state index contributed by atoms with van der Waals surface area (Å²) in [6.45, 7) is 4.03. The van der Waals surface area contributed by atoms with Crippen LogP contribution >= 0.6 is 0 Å². The maximum atomic E-state index is 13.3. The van der Waals surface area contributed by atoms with Crippen LogP contribution in [0, 0.1) is 5.82 Å². The van der Waals surface area contributed by atoms with E-state index in [1.54, 1.807) is 6.07 Å². The fourth-order valence-electron chi connectivity index (χ4n) is 2.49. The predicted molar refractivity (Wildman–Crippen MR) is 69.7 cm³/mol. The van der Waals surface area contributed by atoms with Crippen LogP contribution in [0.3, 0.4) is 0 Å². The van der Waals surface area contributed by atoms with Crippen molar-refractivity contribution in [3.63, 3.8) is 0 Å². The maximum Gasteiger partial charge on any atom is 0.123 e. The summed E-state index contributed by atoms with van der Waals surface area (Å²) in [7, 11) is 0. The Morgan fingerprint density at radius 1 is 1.18 bits per heavy atom. The van der Waals surface area contributed by atoms with Crippen LogP contribution in [-0.2, 0) is 0 Å². The molecule has 1 aliphatic heterocycles. The van der Waals surface area contributed by atoms with Gasteiger partial charge in [-0.2, -0.15) is 0 Å². The van der Waals surface area contributed by atoms with E-state index in [1.807, 2.05) is 13.0 Å². The standard InChI is InChI=1S/C14H21FN2/c1-11(16)13-10-12(15)6-7-14(13)17-8-4-2-3-5-9-17/h6-7,10-11H,2-5,8-9,16H2,1H3/t11-/m0/s1. The smallest absolute Gasteiger partial charge is 0.123 e. The van der Waals surface area contributed by atoms with E-state index < -0.39 is 0 Å². The van der Waals surface area contributed by atoms with Gasteiger partial charge in [0.1, 0.15) is 5.82 Å². The lowest BCUT2D eigenvalue weighted by atomic mass is 10.1. The fraction of sp³-hybridized carbons (Fsp3) is 0.571. The molecular formula is C14H21FN2. The second-order valence-electron chi connectivity index (χ2n) is 4.89. The van der Waals surface area contributed by atoms with Gasteiger partial charge in [-0.1, -0.05) is 12.8 Å². The Bertz CT molecular complexity index is 368. The third-order valence-electron chi connectivity index (χ3n) is 3.43. The Balaban J connectivity index is 2.29. The summed E-state index contributed by atoms with van der Waals surface area (Å²) < 4.78 is 13.3. The Labute approximate surface area is 103 Å². The number of hydrogen-bond acceptors (Lipinski definition) is 2. The lowest BCUT2D eigenvalue weighted by Gasteiger charge is -2.26. The molecule has 1 aromatic rings. The highest BCUT2D eigenvalue weighted by Crippen LogP contribution is 2.28. The van der Waals surface area contributed by atoms with E-state index >= 15 is 0 Å². The molecule has 1 saturated heterocycles. The van der Waals surface area contributed by atoms with Crippen molar-refractivity contribution in [3.8, 4) is 0 Å². The van der Waals surface area contributed by atoms with Crippen molar-refractivity contribution in [2.45, 2.75) is 38.6 Å². The number of rotatable bonds is 2. The van der Waals surface area contributed by atoms with E-state index in [0.29, 0.717) is 0 Å². The lowest BCUT2D eigenvalue weighted by Crippen LogP contribution is -2.26. The number of benzene rings is 1. The van der Waals surface area contributed by atoms with E-state index in [0.717, 1.165) is 24.3 Å². The maximum absolute atomic E-state index is 13.3. The molecule has 2 N–H and O–H groups in total. The van der Waals surface area contributed by atoms with Gasteiger partial charge in [0, 0.05) is 24.8 Å². The Morgan fingerprint density at radius 3 is 2.41 bits per heavy atom. The van der Waals surface area contributed by atoms with Gasteiger partial charge in [-0.05, 0) is 43.5 Å². The quantitative estimate of drug-likeness (QED) is 0.854. The summed E-state index contributed by atoms with van der Waals surface area (Å²) in [5, 5.41) is 0. The molecule has 3 heteroatoms. The van der Waals surface area contributed by atoms with Crippen molar-refractivity contribution in [3.05, 3.63) is 29.6 Å². The first-order chi connectivity index (χ1) is 8.18. The zero-order valence-electron chi connectivity index (χ0n) is 10.5. The van der Waals surface area contributed by atoms with E-state index in [4.69, 9.17) is 5.73 Å². The number of halogens is 1. The van der Waals surface area contributed by atoms with Gasteiger partial charge in [-0.25, -0.2) is 4.39 Å². The van der Waals surface area contributed by atoms with Crippen LogP contribution in [-0.4, -0.2) is 13.1 Å². The van der Waals surface area contributed by atoms with Crippen LogP contribution in [0.5, 0.6) is 0 Å². The molecule has 2 nitrogen and oxygen atoms in total. The molecule has 0 saturated carbocycles. The Morgan fingerprint density at radius 2 is 1.82 bits per heavy atom. The van der Waals surface area contributed by atoms with Gasteiger partial charge in [0.15, 0.2) is 0 Å². The molecule has 0 aromatic heterocycles. The molecule has 1 heterocycles. The molecule has 17 heavy (non-hydrogen) atoms. The van der Waals surface area contributed by atoms with Gasteiger partial charge in [-0.15, -0.1) is 0 Å². The minimum absolute atomic E-state index is 0.121. The lowest BCUT2D eigenvalue weighted by molar-refractivity contribution is 0.621. The number of nitrogens with two attached hydrogens (primary N) is 1. The molecule has 0 unspecified atom stereocenters. The van der Waals surface area contributed by atoms with Crippen LogP contribution in [0.2, 0.25) is 0 Å². The van der Waals surface area contributed by atoms with Crippen molar-refractivity contribution in [1.29, 1.82) is 0 Å². The molecule has 0 radical (unpaired) electrons. The minimum Gasteiger partial charge on any atom is -0.371 e. The highest BCUT2D eigenvalue weighted by atomic mass is 19.1. The van der Waals surface area contributed by atoms with Crippen LogP contribution in [0.25, 0.3) is 0 Å². The van der Waals surface area contributed by atoms with Crippen molar-refractivity contribution in [2.75, 3.05) is 18.0 Å². The number of hydrogen-bond donors (Lipinski definition) is 1. The van der Waals surface area contributed by atoms with Gasteiger partial charge in [0.2, 0.25) is 0 Å². The summed E-state index contributed by atoms with van der Waals surface area (Å²) in [5.41, 5.74) is 7.97. The SMILES string of the molecule is C[C@H](N)c1cc(F)ccc1N1CCCCCC1.